The van der Waals surface area contributed by atoms with E-state index < -0.39 is 0 Å². The predicted molar refractivity (Wildman–Crippen MR) is 86.4 cm³/mol. The molecule has 0 aliphatic carbocycles. The van der Waals surface area contributed by atoms with Gasteiger partial charge in [-0.15, -0.1) is 0 Å². The highest BCUT2D eigenvalue weighted by Gasteiger charge is 2.21. The molecule has 1 atom stereocenters. The predicted octanol–water partition coefficient (Wildman–Crippen LogP) is 2.91. The Morgan fingerprint density at radius 2 is 1.81 bits per heavy atom. The Bertz CT molecular complexity index is 444. The fourth-order valence-electron chi connectivity index (χ4n) is 2.18. The van der Waals surface area contributed by atoms with Crippen molar-refractivity contribution in [2.24, 2.45) is 0 Å². The number of rotatable bonds is 8. The summed E-state index contributed by atoms with van der Waals surface area (Å²) in [7, 11) is 1.82. The molecule has 0 fully saturated rings. The Balaban J connectivity index is 2.70. The molecule has 0 aliphatic heterocycles. The van der Waals surface area contributed by atoms with Gasteiger partial charge >= 0.3 is 0 Å². The molecule has 0 spiro atoms. The van der Waals surface area contributed by atoms with Crippen LogP contribution in [0.3, 0.4) is 0 Å². The van der Waals surface area contributed by atoms with E-state index in [4.69, 9.17) is 4.74 Å². The molecule has 1 aromatic carbocycles. The number of benzene rings is 1. The van der Waals surface area contributed by atoms with Crippen molar-refractivity contribution in [1.29, 1.82) is 0 Å². The first-order valence-corrected chi connectivity index (χ1v) is 7.73. The van der Waals surface area contributed by atoms with Crippen molar-refractivity contribution < 1.29 is 9.53 Å². The fraction of sp³-hybridized carbons (Fsp3) is 0.588. The molecule has 1 aromatic rings. The van der Waals surface area contributed by atoms with E-state index in [1.165, 1.54) is 0 Å². The third-order valence-electron chi connectivity index (χ3n) is 3.78. The van der Waals surface area contributed by atoms with Crippen molar-refractivity contribution >= 4 is 5.91 Å². The normalized spacial score (nSPS) is 12.3. The van der Waals surface area contributed by atoms with Gasteiger partial charge in [0.25, 0.3) is 0 Å². The van der Waals surface area contributed by atoms with Gasteiger partial charge in [0.15, 0.2) is 6.23 Å². The van der Waals surface area contributed by atoms with Gasteiger partial charge in [0, 0.05) is 13.5 Å². The van der Waals surface area contributed by atoms with Crippen LogP contribution >= 0.6 is 0 Å². The number of aryl methyl sites for hydroxylation is 1. The molecule has 0 radical (unpaired) electrons. The summed E-state index contributed by atoms with van der Waals surface area (Å²) in [5.74, 6) is 0.936. The molecule has 118 valence electrons. The van der Waals surface area contributed by atoms with E-state index in [0.717, 1.165) is 30.8 Å². The number of hydrogen-bond donors (Lipinski definition) is 0. The molecule has 21 heavy (non-hydrogen) atoms. The summed E-state index contributed by atoms with van der Waals surface area (Å²) in [5, 5.41) is 0. The second-order valence-corrected chi connectivity index (χ2v) is 5.21. The number of para-hydroxylation sites is 1. The molecule has 4 nitrogen and oxygen atoms in total. The maximum Gasteiger partial charge on any atom is 0.239 e. The smallest absolute Gasteiger partial charge is 0.239 e. The molecular weight excluding hydrogens is 264 g/mol. The Morgan fingerprint density at radius 3 is 2.33 bits per heavy atom. The molecule has 0 heterocycles. The summed E-state index contributed by atoms with van der Waals surface area (Å²) in [6.07, 6.45) is 0.531. The lowest BCUT2D eigenvalue weighted by Gasteiger charge is -2.30. The van der Waals surface area contributed by atoms with Crippen LogP contribution in [0.25, 0.3) is 0 Å². The number of carbonyl (C=O) groups excluding carboxylic acids is 1. The van der Waals surface area contributed by atoms with Crippen LogP contribution in [-0.2, 0) is 4.79 Å². The first-order valence-electron chi connectivity index (χ1n) is 7.73. The molecule has 0 aromatic heterocycles. The van der Waals surface area contributed by atoms with Crippen LogP contribution in [-0.4, -0.2) is 48.6 Å². The monoisotopic (exact) mass is 292 g/mol. The first kappa shape index (κ1) is 17.5. The van der Waals surface area contributed by atoms with Gasteiger partial charge in [-0.25, -0.2) is 0 Å². The summed E-state index contributed by atoms with van der Waals surface area (Å²) >= 11 is 0. The van der Waals surface area contributed by atoms with E-state index in [1.807, 2.05) is 45.2 Å². The zero-order valence-electron chi connectivity index (χ0n) is 13.9. The van der Waals surface area contributed by atoms with Crippen molar-refractivity contribution in [1.82, 2.24) is 9.80 Å². The van der Waals surface area contributed by atoms with Crippen molar-refractivity contribution in [2.45, 2.75) is 40.3 Å². The number of carbonyl (C=O) groups is 1. The second kappa shape index (κ2) is 8.67. The van der Waals surface area contributed by atoms with E-state index in [2.05, 4.69) is 18.7 Å². The van der Waals surface area contributed by atoms with E-state index in [0.29, 0.717) is 6.54 Å². The van der Waals surface area contributed by atoms with Gasteiger partial charge in [-0.05, 0) is 31.6 Å². The van der Waals surface area contributed by atoms with E-state index in [9.17, 15) is 4.79 Å². The Kier molecular flexibility index (Phi) is 7.23. The lowest BCUT2D eigenvalue weighted by Crippen LogP contribution is -2.45. The van der Waals surface area contributed by atoms with Gasteiger partial charge in [0.1, 0.15) is 5.75 Å². The number of ether oxygens (including phenoxy) is 1. The molecule has 1 rings (SSSR count). The Morgan fingerprint density at radius 1 is 1.19 bits per heavy atom. The average Bonchev–Trinajstić information content (AvgIpc) is 2.50. The fourth-order valence-corrected chi connectivity index (χ4v) is 2.18. The van der Waals surface area contributed by atoms with E-state index >= 15 is 0 Å². The summed E-state index contributed by atoms with van der Waals surface area (Å²) in [6, 6.07) is 7.89. The highest BCUT2D eigenvalue weighted by molar-refractivity contribution is 5.78. The summed E-state index contributed by atoms with van der Waals surface area (Å²) in [4.78, 5) is 16.2. The van der Waals surface area contributed by atoms with Gasteiger partial charge in [0.2, 0.25) is 5.91 Å². The molecular formula is C17H28N2O2. The average molecular weight is 292 g/mol. The minimum absolute atomic E-state index is 0.0964. The van der Waals surface area contributed by atoms with Crippen molar-refractivity contribution in [3.05, 3.63) is 29.8 Å². The topological polar surface area (TPSA) is 32.8 Å². The summed E-state index contributed by atoms with van der Waals surface area (Å²) in [5.41, 5.74) is 1.08. The zero-order valence-corrected chi connectivity index (χ0v) is 13.9. The lowest BCUT2D eigenvalue weighted by atomic mass is 10.2. The Labute approximate surface area is 128 Å². The molecule has 0 saturated heterocycles. The molecule has 0 aliphatic rings. The standard InChI is InChI=1S/C17H28N2O2/c1-6-17(21-15-12-10-9-11-14(15)4)18(5)16(20)13-19(7-2)8-3/h9-12,17H,6-8,13H2,1-5H3. The number of hydrogen-bond acceptors (Lipinski definition) is 3. The van der Waals surface area contributed by atoms with E-state index in [1.54, 1.807) is 4.90 Å². The maximum absolute atomic E-state index is 12.4. The van der Waals surface area contributed by atoms with Crippen LogP contribution in [0, 0.1) is 6.92 Å². The lowest BCUT2D eigenvalue weighted by molar-refractivity contribution is -0.138. The van der Waals surface area contributed by atoms with Crippen LogP contribution in [0.4, 0.5) is 0 Å². The molecule has 0 N–H and O–H groups in total. The number of likely N-dealkylation sites (N-methyl/N-ethyl adjacent to an activating group) is 2. The number of nitrogens with zero attached hydrogens (tertiary/aromatic N) is 2. The molecule has 1 amide bonds. The summed E-state index contributed by atoms with van der Waals surface area (Å²) < 4.78 is 6.01. The zero-order chi connectivity index (χ0) is 15.8. The minimum Gasteiger partial charge on any atom is -0.470 e. The highest BCUT2D eigenvalue weighted by atomic mass is 16.5. The van der Waals surface area contributed by atoms with Crippen molar-refractivity contribution in [2.75, 3.05) is 26.7 Å². The quantitative estimate of drug-likeness (QED) is 0.691. The molecule has 0 saturated carbocycles. The van der Waals surface area contributed by atoms with Gasteiger partial charge in [-0.2, -0.15) is 0 Å². The first-order chi connectivity index (χ1) is 10.0. The van der Waals surface area contributed by atoms with Gasteiger partial charge < -0.3 is 9.64 Å². The largest absolute Gasteiger partial charge is 0.470 e. The SMILES string of the molecule is CCC(Oc1ccccc1C)N(C)C(=O)CN(CC)CC. The van der Waals surface area contributed by atoms with E-state index in [-0.39, 0.29) is 12.1 Å². The van der Waals surface area contributed by atoms with Crippen molar-refractivity contribution in [3.63, 3.8) is 0 Å². The maximum atomic E-state index is 12.4. The van der Waals surface area contributed by atoms with Crippen LogP contribution in [0.2, 0.25) is 0 Å². The highest BCUT2D eigenvalue weighted by Crippen LogP contribution is 2.19. The van der Waals surface area contributed by atoms with Crippen LogP contribution in [0.5, 0.6) is 5.75 Å². The summed E-state index contributed by atoms with van der Waals surface area (Å²) in [6.45, 7) is 10.4. The van der Waals surface area contributed by atoms with Gasteiger partial charge in [-0.3, -0.25) is 9.69 Å². The molecule has 0 bridgehead atoms. The van der Waals surface area contributed by atoms with Gasteiger partial charge in [-0.1, -0.05) is 39.0 Å². The second-order valence-electron chi connectivity index (χ2n) is 5.21. The third kappa shape index (κ3) is 5.05. The van der Waals surface area contributed by atoms with Crippen LogP contribution in [0.1, 0.15) is 32.8 Å². The minimum atomic E-state index is -0.228. The molecule has 1 unspecified atom stereocenters. The number of amides is 1. The van der Waals surface area contributed by atoms with Crippen molar-refractivity contribution in [3.8, 4) is 5.75 Å². The third-order valence-corrected chi connectivity index (χ3v) is 3.78. The van der Waals surface area contributed by atoms with Crippen LogP contribution < -0.4 is 4.74 Å². The Hall–Kier alpha value is -1.55. The van der Waals surface area contributed by atoms with Gasteiger partial charge in [0.05, 0.1) is 6.54 Å². The molecule has 4 heteroatoms. The van der Waals surface area contributed by atoms with Crippen LogP contribution in [0.15, 0.2) is 24.3 Å².